The molecule has 3 aromatic carbocycles. The lowest BCUT2D eigenvalue weighted by Gasteiger charge is -2.40. The third-order valence-electron chi connectivity index (χ3n) is 7.27. The minimum Gasteiger partial charge on any atom is -0.366 e. The molecule has 0 spiro atoms. The van der Waals surface area contributed by atoms with Crippen molar-refractivity contribution >= 4 is 46.4 Å². The average molecular weight is 572 g/mol. The zero-order valence-electron chi connectivity index (χ0n) is 22.2. The van der Waals surface area contributed by atoms with Gasteiger partial charge in [0.25, 0.3) is 11.8 Å². The SMILES string of the molecule is CCN(CC)C(=O)c1ccc(N(c2c(F)cccc2C(N)=O)C2CCN(Cc3ccc(Cl)cc3Cl)CC2)cc1. The summed E-state index contributed by atoms with van der Waals surface area (Å²) in [4.78, 5) is 31.1. The van der Waals surface area contributed by atoms with Gasteiger partial charge in [-0.15, -0.1) is 0 Å². The summed E-state index contributed by atoms with van der Waals surface area (Å²) in [5, 5.41) is 1.22. The molecule has 1 fully saturated rings. The highest BCUT2D eigenvalue weighted by Crippen LogP contribution is 2.37. The monoisotopic (exact) mass is 570 g/mol. The minimum atomic E-state index is -0.697. The lowest BCUT2D eigenvalue weighted by Crippen LogP contribution is -2.43. The molecule has 206 valence electrons. The molecule has 6 nitrogen and oxygen atoms in total. The number of carbonyl (C=O) groups excluding carboxylic acids is 2. The Morgan fingerprint density at radius 3 is 2.26 bits per heavy atom. The number of nitrogens with zero attached hydrogens (tertiary/aromatic N) is 3. The first-order valence-electron chi connectivity index (χ1n) is 13.2. The molecule has 0 aliphatic carbocycles. The molecule has 0 radical (unpaired) electrons. The van der Waals surface area contributed by atoms with Crippen LogP contribution in [0.5, 0.6) is 0 Å². The summed E-state index contributed by atoms with van der Waals surface area (Å²) in [5.74, 6) is -1.28. The van der Waals surface area contributed by atoms with Crippen LogP contribution in [0.3, 0.4) is 0 Å². The molecule has 2 amide bonds. The second kappa shape index (κ2) is 12.8. The van der Waals surface area contributed by atoms with E-state index in [1.165, 1.54) is 12.1 Å². The van der Waals surface area contributed by atoms with Gasteiger partial charge >= 0.3 is 0 Å². The lowest BCUT2D eigenvalue weighted by molar-refractivity contribution is 0.0772. The van der Waals surface area contributed by atoms with Crippen molar-refractivity contribution < 1.29 is 14.0 Å². The van der Waals surface area contributed by atoms with Crippen LogP contribution in [0, 0.1) is 5.82 Å². The van der Waals surface area contributed by atoms with Gasteiger partial charge in [-0.25, -0.2) is 4.39 Å². The second-order valence-electron chi connectivity index (χ2n) is 9.64. The Morgan fingerprint density at radius 2 is 1.67 bits per heavy atom. The van der Waals surface area contributed by atoms with Gasteiger partial charge in [0, 0.05) is 60.1 Å². The molecular weight excluding hydrogens is 538 g/mol. The van der Waals surface area contributed by atoms with Gasteiger partial charge in [0.05, 0.1) is 11.3 Å². The molecule has 3 aromatic rings. The third kappa shape index (κ3) is 6.55. The fourth-order valence-electron chi connectivity index (χ4n) is 5.17. The highest BCUT2D eigenvalue weighted by molar-refractivity contribution is 6.35. The number of amides is 2. The molecule has 39 heavy (non-hydrogen) atoms. The van der Waals surface area contributed by atoms with Gasteiger partial charge in [-0.05, 0) is 80.8 Å². The van der Waals surface area contributed by atoms with E-state index in [0.717, 1.165) is 31.5 Å². The zero-order valence-corrected chi connectivity index (χ0v) is 23.7. The molecule has 0 saturated carbocycles. The van der Waals surface area contributed by atoms with E-state index in [9.17, 15) is 9.59 Å². The third-order valence-corrected chi connectivity index (χ3v) is 7.85. The fraction of sp³-hybridized carbons (Fsp3) is 0.333. The summed E-state index contributed by atoms with van der Waals surface area (Å²) in [7, 11) is 0. The van der Waals surface area contributed by atoms with Crippen molar-refractivity contribution in [1.29, 1.82) is 0 Å². The van der Waals surface area contributed by atoms with Gasteiger partial charge in [0.1, 0.15) is 5.82 Å². The van der Waals surface area contributed by atoms with E-state index in [4.69, 9.17) is 28.9 Å². The second-order valence-corrected chi connectivity index (χ2v) is 10.5. The van der Waals surface area contributed by atoms with Gasteiger partial charge in [-0.1, -0.05) is 35.3 Å². The maximum absolute atomic E-state index is 15.4. The number of rotatable bonds is 9. The molecule has 1 heterocycles. The number of benzene rings is 3. The number of hydrogen-bond donors (Lipinski definition) is 1. The van der Waals surface area contributed by atoms with Crippen molar-refractivity contribution in [2.24, 2.45) is 5.73 Å². The van der Waals surface area contributed by atoms with E-state index in [-0.39, 0.29) is 23.2 Å². The van der Waals surface area contributed by atoms with Crippen LogP contribution in [0.1, 0.15) is 53.0 Å². The number of piperidine rings is 1. The molecule has 1 saturated heterocycles. The lowest BCUT2D eigenvalue weighted by atomic mass is 9.98. The van der Waals surface area contributed by atoms with E-state index in [1.54, 1.807) is 29.2 Å². The van der Waals surface area contributed by atoms with Crippen molar-refractivity contribution in [2.45, 2.75) is 39.3 Å². The summed E-state index contributed by atoms with van der Waals surface area (Å²) in [5.41, 5.74) is 8.20. The molecule has 9 heteroatoms. The fourth-order valence-corrected chi connectivity index (χ4v) is 5.63. The highest BCUT2D eigenvalue weighted by atomic mass is 35.5. The van der Waals surface area contributed by atoms with Crippen molar-refractivity contribution in [1.82, 2.24) is 9.80 Å². The van der Waals surface area contributed by atoms with E-state index in [2.05, 4.69) is 4.90 Å². The summed E-state index contributed by atoms with van der Waals surface area (Å²) in [6, 6.07) is 16.9. The summed E-state index contributed by atoms with van der Waals surface area (Å²) in [6.07, 6.45) is 1.44. The molecule has 2 N–H and O–H groups in total. The van der Waals surface area contributed by atoms with E-state index < -0.39 is 11.7 Å². The van der Waals surface area contributed by atoms with Gasteiger partial charge in [0.2, 0.25) is 0 Å². The van der Waals surface area contributed by atoms with Gasteiger partial charge in [0.15, 0.2) is 0 Å². The largest absolute Gasteiger partial charge is 0.366 e. The maximum atomic E-state index is 15.4. The number of likely N-dealkylation sites (tertiary alicyclic amines) is 1. The standard InChI is InChI=1S/C30H33Cl2FN4O2/c1-3-36(4-2)30(39)20-9-12-23(13-10-20)37(28-25(29(34)38)6-5-7-27(28)33)24-14-16-35(17-15-24)19-21-8-11-22(31)18-26(21)32/h5-13,18,24H,3-4,14-17,19H2,1-2H3,(H2,34,38). The van der Waals surface area contributed by atoms with Crippen molar-refractivity contribution in [3.8, 4) is 0 Å². The highest BCUT2D eigenvalue weighted by Gasteiger charge is 2.31. The van der Waals surface area contributed by atoms with Crippen LogP contribution >= 0.6 is 23.2 Å². The Labute approximate surface area is 239 Å². The van der Waals surface area contributed by atoms with Gasteiger partial charge in [-0.2, -0.15) is 0 Å². The first-order chi connectivity index (χ1) is 18.7. The van der Waals surface area contributed by atoms with Gasteiger partial charge in [-0.3, -0.25) is 14.5 Å². The smallest absolute Gasteiger partial charge is 0.253 e. The van der Waals surface area contributed by atoms with Crippen molar-refractivity contribution in [2.75, 3.05) is 31.1 Å². The Bertz CT molecular complexity index is 1320. The number of hydrogen-bond acceptors (Lipinski definition) is 4. The summed E-state index contributed by atoms with van der Waals surface area (Å²) < 4.78 is 15.4. The molecule has 1 aliphatic heterocycles. The van der Waals surface area contributed by atoms with Crippen LogP contribution in [0.4, 0.5) is 15.8 Å². The molecule has 4 rings (SSSR count). The first-order valence-corrected chi connectivity index (χ1v) is 13.9. The Balaban J connectivity index is 1.63. The Morgan fingerprint density at radius 1 is 1.00 bits per heavy atom. The molecule has 0 atom stereocenters. The zero-order chi connectivity index (χ0) is 28.1. The minimum absolute atomic E-state index is 0.0593. The van der Waals surface area contributed by atoms with E-state index >= 15 is 4.39 Å². The van der Waals surface area contributed by atoms with E-state index in [0.29, 0.717) is 40.9 Å². The van der Waals surface area contributed by atoms with Crippen molar-refractivity contribution in [3.05, 3.63) is 93.2 Å². The van der Waals surface area contributed by atoms with Crippen LogP contribution < -0.4 is 10.6 Å². The molecule has 0 bridgehead atoms. The summed E-state index contributed by atoms with van der Waals surface area (Å²) >= 11 is 12.4. The number of anilines is 2. The first kappa shape index (κ1) is 28.9. The van der Waals surface area contributed by atoms with Crippen LogP contribution in [0.25, 0.3) is 0 Å². The number of carbonyl (C=O) groups is 2. The van der Waals surface area contributed by atoms with Crippen LogP contribution in [0.2, 0.25) is 10.0 Å². The van der Waals surface area contributed by atoms with Gasteiger partial charge < -0.3 is 15.5 Å². The van der Waals surface area contributed by atoms with Crippen LogP contribution in [0.15, 0.2) is 60.7 Å². The van der Waals surface area contributed by atoms with Crippen LogP contribution in [-0.2, 0) is 6.54 Å². The number of nitrogens with two attached hydrogens (primary N) is 1. The normalized spacial score (nSPS) is 14.3. The summed E-state index contributed by atoms with van der Waals surface area (Å²) in [6.45, 7) is 7.28. The molecule has 1 aliphatic rings. The molecular formula is C30H33Cl2FN4O2. The maximum Gasteiger partial charge on any atom is 0.253 e. The Kier molecular flexibility index (Phi) is 9.49. The predicted octanol–water partition coefficient (Wildman–Crippen LogP) is 6.52. The van der Waals surface area contributed by atoms with E-state index in [1.807, 2.05) is 43.0 Å². The molecule has 0 unspecified atom stereocenters. The van der Waals surface area contributed by atoms with Crippen molar-refractivity contribution in [3.63, 3.8) is 0 Å². The number of halogens is 3. The number of primary amides is 1. The molecule has 0 aromatic heterocycles. The van der Waals surface area contributed by atoms with Crippen LogP contribution in [-0.4, -0.2) is 53.8 Å². The quantitative estimate of drug-likeness (QED) is 0.318. The average Bonchev–Trinajstić information content (AvgIpc) is 2.93. The Hall–Kier alpha value is -3.13. The number of para-hydroxylation sites is 1. The topological polar surface area (TPSA) is 69.9 Å². The predicted molar refractivity (Wildman–Crippen MR) is 156 cm³/mol.